The third-order valence-corrected chi connectivity index (χ3v) is 6.24. The number of nitrogens with one attached hydrogen (secondary N) is 1. The second-order valence-electron chi connectivity index (χ2n) is 8.56. The molecule has 1 aliphatic carbocycles. The van der Waals surface area contributed by atoms with Crippen molar-refractivity contribution in [2.75, 3.05) is 19.0 Å². The van der Waals surface area contributed by atoms with E-state index < -0.39 is 47.5 Å². The van der Waals surface area contributed by atoms with Gasteiger partial charge < -0.3 is 15.2 Å². The Kier molecular flexibility index (Phi) is 6.20. The highest BCUT2D eigenvalue weighted by Crippen LogP contribution is 2.48. The SMILES string of the molecule is COc1c(=O)n(C2(C(F)F)CC2)cc2c(N[C@H](C)c3cccc(C(F)(F)CO)c3F)nc(C)nc12. The van der Waals surface area contributed by atoms with Gasteiger partial charge in [0.2, 0.25) is 5.75 Å². The quantitative estimate of drug-likeness (QED) is 0.452. The van der Waals surface area contributed by atoms with Gasteiger partial charge in [0.1, 0.15) is 35.1 Å². The number of benzene rings is 1. The Morgan fingerprint density at radius 3 is 2.54 bits per heavy atom. The van der Waals surface area contributed by atoms with Gasteiger partial charge in [0.15, 0.2) is 0 Å². The maximum atomic E-state index is 15.0. The molecular formula is C23H23F5N4O3. The van der Waals surface area contributed by atoms with Gasteiger partial charge in [-0.25, -0.2) is 23.1 Å². The summed E-state index contributed by atoms with van der Waals surface area (Å²) in [7, 11) is 1.22. The predicted molar refractivity (Wildman–Crippen MR) is 118 cm³/mol. The zero-order valence-corrected chi connectivity index (χ0v) is 19.1. The van der Waals surface area contributed by atoms with Crippen molar-refractivity contribution in [2.24, 2.45) is 0 Å². The van der Waals surface area contributed by atoms with Crippen molar-refractivity contribution in [1.82, 2.24) is 14.5 Å². The van der Waals surface area contributed by atoms with E-state index in [2.05, 4.69) is 15.3 Å². The van der Waals surface area contributed by atoms with Crippen molar-refractivity contribution in [3.63, 3.8) is 0 Å². The molecule has 12 heteroatoms. The summed E-state index contributed by atoms with van der Waals surface area (Å²) in [5, 5.41) is 12.0. The molecule has 1 fully saturated rings. The largest absolute Gasteiger partial charge is 0.490 e. The van der Waals surface area contributed by atoms with Gasteiger partial charge in [0.25, 0.3) is 17.9 Å². The van der Waals surface area contributed by atoms with Crippen LogP contribution in [-0.4, -0.2) is 39.8 Å². The molecule has 2 aromatic heterocycles. The summed E-state index contributed by atoms with van der Waals surface area (Å²) >= 11 is 0. The number of pyridine rings is 1. The van der Waals surface area contributed by atoms with Crippen LogP contribution in [0.1, 0.15) is 42.8 Å². The van der Waals surface area contributed by atoms with Gasteiger partial charge >= 0.3 is 0 Å². The molecule has 4 rings (SSSR count). The minimum atomic E-state index is -3.78. The number of aromatic nitrogens is 3. The highest BCUT2D eigenvalue weighted by Gasteiger charge is 2.54. The Bertz CT molecular complexity index is 1340. The molecule has 0 amide bonds. The van der Waals surface area contributed by atoms with Gasteiger partial charge in [-0.3, -0.25) is 9.36 Å². The van der Waals surface area contributed by atoms with Crippen LogP contribution in [0.2, 0.25) is 0 Å². The molecule has 0 radical (unpaired) electrons. The van der Waals surface area contributed by atoms with Gasteiger partial charge in [-0.1, -0.05) is 12.1 Å². The monoisotopic (exact) mass is 498 g/mol. The van der Waals surface area contributed by atoms with Crippen LogP contribution in [0.15, 0.2) is 29.2 Å². The number of alkyl halides is 4. The highest BCUT2D eigenvalue weighted by atomic mass is 19.3. The van der Waals surface area contributed by atoms with Crippen molar-refractivity contribution >= 4 is 16.7 Å². The zero-order valence-electron chi connectivity index (χ0n) is 19.1. The molecule has 2 heterocycles. The summed E-state index contributed by atoms with van der Waals surface area (Å²) in [6, 6.07) is 2.50. The summed E-state index contributed by atoms with van der Waals surface area (Å²) < 4.78 is 76.7. The van der Waals surface area contributed by atoms with Crippen LogP contribution < -0.4 is 15.6 Å². The lowest BCUT2D eigenvalue weighted by molar-refractivity contribution is -0.0583. The summed E-state index contributed by atoms with van der Waals surface area (Å²) in [6.45, 7) is 1.47. The number of nitrogens with zero attached hydrogens (tertiary/aromatic N) is 3. The maximum absolute atomic E-state index is 15.0. The van der Waals surface area contributed by atoms with Gasteiger partial charge in [0, 0.05) is 11.8 Å². The number of aliphatic hydroxyl groups excluding tert-OH is 1. The first-order valence-corrected chi connectivity index (χ1v) is 10.8. The number of aliphatic hydroxyl groups is 1. The van der Waals surface area contributed by atoms with Crippen LogP contribution in [0, 0.1) is 12.7 Å². The lowest BCUT2D eigenvalue weighted by Crippen LogP contribution is -2.36. The second-order valence-corrected chi connectivity index (χ2v) is 8.56. The Morgan fingerprint density at radius 1 is 1.29 bits per heavy atom. The number of halogens is 5. The van der Waals surface area contributed by atoms with E-state index in [0.717, 1.165) is 10.6 Å². The van der Waals surface area contributed by atoms with Gasteiger partial charge in [-0.05, 0) is 32.8 Å². The van der Waals surface area contributed by atoms with E-state index in [9.17, 15) is 26.7 Å². The topological polar surface area (TPSA) is 89.3 Å². The first-order valence-electron chi connectivity index (χ1n) is 10.8. The Hall–Kier alpha value is -3.28. The molecular weight excluding hydrogens is 475 g/mol. The van der Waals surface area contributed by atoms with E-state index in [4.69, 9.17) is 9.84 Å². The van der Waals surface area contributed by atoms with Crippen LogP contribution in [0.4, 0.5) is 27.8 Å². The minimum absolute atomic E-state index is 0.0713. The number of methoxy groups -OCH3 is 1. The van der Waals surface area contributed by atoms with E-state index in [1.807, 2.05) is 0 Å². The van der Waals surface area contributed by atoms with Crippen LogP contribution in [0.25, 0.3) is 10.9 Å². The molecule has 0 spiro atoms. The lowest BCUT2D eigenvalue weighted by atomic mass is 10.00. The van der Waals surface area contributed by atoms with E-state index in [-0.39, 0.29) is 46.7 Å². The van der Waals surface area contributed by atoms with Crippen LogP contribution in [0.5, 0.6) is 5.75 Å². The molecule has 35 heavy (non-hydrogen) atoms. The summed E-state index contributed by atoms with van der Waals surface area (Å²) in [6.07, 6.45) is -1.38. The second kappa shape index (κ2) is 8.74. The Balaban J connectivity index is 1.85. The molecule has 3 aromatic rings. The fourth-order valence-electron chi connectivity index (χ4n) is 4.13. The maximum Gasteiger partial charge on any atom is 0.298 e. The molecule has 188 valence electrons. The molecule has 0 aliphatic heterocycles. The van der Waals surface area contributed by atoms with Crippen LogP contribution in [-0.2, 0) is 11.5 Å². The van der Waals surface area contributed by atoms with E-state index in [1.165, 1.54) is 39.3 Å². The number of fused-ring (bicyclic) bond motifs is 1. The first kappa shape index (κ1) is 24.8. The van der Waals surface area contributed by atoms with Crippen molar-refractivity contribution < 1.29 is 31.8 Å². The Labute approximate surface area is 196 Å². The molecule has 1 atom stereocenters. The van der Waals surface area contributed by atoms with Gasteiger partial charge in [0.05, 0.1) is 24.1 Å². The van der Waals surface area contributed by atoms with Gasteiger partial charge in [-0.15, -0.1) is 0 Å². The first-order chi connectivity index (χ1) is 16.5. The van der Waals surface area contributed by atoms with Crippen LogP contribution in [0.3, 0.4) is 0 Å². The third-order valence-electron chi connectivity index (χ3n) is 6.24. The van der Waals surface area contributed by atoms with Crippen molar-refractivity contribution in [3.8, 4) is 5.75 Å². The third kappa shape index (κ3) is 4.09. The number of anilines is 1. The average molecular weight is 498 g/mol. The van der Waals surface area contributed by atoms with E-state index in [1.54, 1.807) is 0 Å². The van der Waals surface area contributed by atoms with E-state index >= 15 is 0 Å². The number of ether oxygens (including phenoxy) is 1. The summed E-state index contributed by atoms with van der Waals surface area (Å²) in [4.78, 5) is 21.5. The van der Waals surface area contributed by atoms with Crippen LogP contribution >= 0.6 is 0 Å². The number of hydrogen-bond acceptors (Lipinski definition) is 6. The van der Waals surface area contributed by atoms with Crippen molar-refractivity contribution in [1.29, 1.82) is 0 Å². The highest BCUT2D eigenvalue weighted by molar-refractivity contribution is 5.92. The molecule has 2 N–H and O–H groups in total. The molecule has 0 unspecified atom stereocenters. The van der Waals surface area contributed by atoms with Gasteiger partial charge in [-0.2, -0.15) is 8.78 Å². The Morgan fingerprint density at radius 2 is 1.97 bits per heavy atom. The average Bonchev–Trinajstić information content (AvgIpc) is 3.61. The fraction of sp³-hybridized carbons (Fsp3) is 0.435. The number of aryl methyl sites for hydroxylation is 1. The lowest BCUT2D eigenvalue weighted by Gasteiger charge is -2.23. The normalized spacial score (nSPS) is 15.9. The summed E-state index contributed by atoms with van der Waals surface area (Å²) in [5.74, 6) is -4.94. The predicted octanol–water partition coefficient (Wildman–Crippen LogP) is 4.26. The molecule has 1 saturated carbocycles. The molecule has 1 aromatic carbocycles. The standard InChI is InChI=1S/C23H23F5N4O3/c1-11(13-5-4-6-15(16(13)24)23(27,28)10-33)29-19-14-9-32(22(7-8-22)21(25)26)20(34)18(35-3)17(14)30-12(2)31-19/h4-6,9,11,21,33H,7-8,10H2,1-3H3,(H,29,30,31)/t11-/m1/s1. The molecule has 0 saturated heterocycles. The van der Waals surface area contributed by atoms with Crippen molar-refractivity contribution in [2.45, 2.75) is 50.6 Å². The fourth-order valence-corrected chi connectivity index (χ4v) is 4.13. The number of hydrogen-bond donors (Lipinski definition) is 2. The number of rotatable bonds is 8. The minimum Gasteiger partial charge on any atom is -0.490 e. The molecule has 1 aliphatic rings. The molecule has 0 bridgehead atoms. The summed E-state index contributed by atoms with van der Waals surface area (Å²) in [5.41, 5.74) is -3.45. The smallest absolute Gasteiger partial charge is 0.298 e. The van der Waals surface area contributed by atoms with E-state index in [0.29, 0.717) is 0 Å². The zero-order chi connectivity index (χ0) is 25.7. The molecule has 7 nitrogen and oxygen atoms in total. The van der Waals surface area contributed by atoms with Crippen molar-refractivity contribution in [3.05, 3.63) is 57.5 Å².